The molecule has 28 heavy (non-hydrogen) atoms. The van der Waals surface area contributed by atoms with Crippen LogP contribution in [0.15, 0.2) is 53.4 Å². The van der Waals surface area contributed by atoms with Crippen LogP contribution in [0.1, 0.15) is 12.8 Å². The molecule has 1 aliphatic rings. The smallest absolute Gasteiger partial charge is 0.491 e. The predicted octanol–water partition coefficient (Wildman–Crippen LogP) is 3.94. The third-order valence-corrected chi connectivity index (χ3v) is 5.27. The zero-order valence-electron chi connectivity index (χ0n) is 14.6. The number of anilines is 1. The molecule has 0 spiro atoms. The third-order valence-electron chi connectivity index (χ3n) is 3.90. The molecular weight excluding hydrogens is 399 g/mol. The first kappa shape index (κ1) is 20.3. The molecule has 1 aliphatic heterocycles. The maximum absolute atomic E-state index is 12.5. The van der Waals surface area contributed by atoms with Gasteiger partial charge in [-0.1, -0.05) is 12.1 Å². The molecule has 0 unspecified atom stereocenters. The van der Waals surface area contributed by atoms with E-state index in [-0.39, 0.29) is 16.7 Å². The van der Waals surface area contributed by atoms with E-state index >= 15 is 0 Å². The standard InChI is InChI=1S/C18H18F3NO5S/c19-18(20,21)27-15-6-2-8-17(11-15)28(23,24)22-13-4-1-5-14(10-13)26-12-16-7-3-9-25-16/h1-2,4-6,8,10-11,16,22H,3,7,9,12H2/t16-/m1/s1. The SMILES string of the molecule is O=S(=O)(Nc1cccc(OC[C@H]2CCCO2)c1)c1cccc(OC(F)(F)F)c1. The summed E-state index contributed by atoms with van der Waals surface area (Å²) in [5.41, 5.74) is 0.215. The lowest BCUT2D eigenvalue weighted by atomic mass is 10.2. The van der Waals surface area contributed by atoms with Crippen LogP contribution in [0.25, 0.3) is 0 Å². The molecule has 0 radical (unpaired) electrons. The van der Waals surface area contributed by atoms with E-state index in [9.17, 15) is 21.6 Å². The Kier molecular flexibility index (Phi) is 5.99. The van der Waals surface area contributed by atoms with E-state index < -0.39 is 22.1 Å². The number of hydrogen-bond donors (Lipinski definition) is 1. The molecule has 2 aromatic carbocycles. The first-order valence-corrected chi connectivity index (χ1v) is 9.93. The molecular formula is C18H18F3NO5S. The summed E-state index contributed by atoms with van der Waals surface area (Å²) in [5.74, 6) is -0.172. The van der Waals surface area contributed by atoms with Gasteiger partial charge >= 0.3 is 6.36 Å². The molecule has 0 amide bonds. The van der Waals surface area contributed by atoms with Crippen molar-refractivity contribution in [1.82, 2.24) is 0 Å². The summed E-state index contributed by atoms with van der Waals surface area (Å²) >= 11 is 0. The second kappa shape index (κ2) is 8.27. The lowest BCUT2D eigenvalue weighted by molar-refractivity contribution is -0.274. The zero-order chi connectivity index (χ0) is 20.2. The Balaban J connectivity index is 1.70. The Hall–Kier alpha value is -2.46. The molecule has 2 aromatic rings. The van der Waals surface area contributed by atoms with Crippen molar-refractivity contribution in [2.75, 3.05) is 17.9 Å². The highest BCUT2D eigenvalue weighted by Gasteiger charge is 2.31. The van der Waals surface area contributed by atoms with Crippen molar-refractivity contribution in [3.8, 4) is 11.5 Å². The first-order chi connectivity index (χ1) is 13.2. The highest BCUT2D eigenvalue weighted by atomic mass is 32.2. The van der Waals surface area contributed by atoms with Gasteiger partial charge in [-0.3, -0.25) is 4.72 Å². The minimum atomic E-state index is -4.91. The fourth-order valence-corrected chi connectivity index (χ4v) is 3.75. The molecule has 1 fully saturated rings. The largest absolute Gasteiger partial charge is 0.573 e. The van der Waals surface area contributed by atoms with E-state index in [1.165, 1.54) is 18.2 Å². The number of ether oxygens (including phenoxy) is 3. The van der Waals surface area contributed by atoms with Gasteiger partial charge in [0.2, 0.25) is 0 Å². The number of rotatable bonds is 7. The molecule has 0 aliphatic carbocycles. The highest BCUT2D eigenvalue weighted by Crippen LogP contribution is 2.27. The lowest BCUT2D eigenvalue weighted by Crippen LogP contribution is -2.18. The monoisotopic (exact) mass is 417 g/mol. The maximum Gasteiger partial charge on any atom is 0.573 e. The first-order valence-electron chi connectivity index (χ1n) is 8.44. The Morgan fingerprint density at radius 3 is 2.57 bits per heavy atom. The molecule has 3 rings (SSSR count). The minimum Gasteiger partial charge on any atom is -0.491 e. The van der Waals surface area contributed by atoms with Gasteiger partial charge < -0.3 is 14.2 Å². The summed E-state index contributed by atoms with van der Waals surface area (Å²) in [7, 11) is -4.12. The number of halogens is 3. The Bertz CT molecular complexity index is 911. The average Bonchev–Trinajstić information content (AvgIpc) is 3.12. The fourth-order valence-electron chi connectivity index (χ4n) is 2.67. The molecule has 152 valence electrons. The van der Waals surface area contributed by atoms with E-state index in [0.29, 0.717) is 19.0 Å². The second-order valence-electron chi connectivity index (χ2n) is 6.10. The third kappa shape index (κ3) is 5.77. The fraction of sp³-hybridized carbons (Fsp3) is 0.333. The van der Waals surface area contributed by atoms with Crippen molar-refractivity contribution in [1.29, 1.82) is 0 Å². The van der Waals surface area contributed by atoms with E-state index in [4.69, 9.17) is 9.47 Å². The molecule has 1 N–H and O–H groups in total. The van der Waals surface area contributed by atoms with Crippen LogP contribution in [0.5, 0.6) is 11.5 Å². The number of nitrogens with one attached hydrogen (secondary N) is 1. The van der Waals surface area contributed by atoms with Crippen LogP contribution < -0.4 is 14.2 Å². The molecule has 0 saturated carbocycles. The van der Waals surface area contributed by atoms with Gasteiger partial charge in [0.15, 0.2) is 0 Å². The molecule has 1 saturated heterocycles. The van der Waals surface area contributed by atoms with Crippen LogP contribution in [0, 0.1) is 0 Å². The summed E-state index contributed by atoms with van der Waals surface area (Å²) in [5, 5.41) is 0. The minimum absolute atomic E-state index is 0.0109. The van der Waals surface area contributed by atoms with Crippen molar-refractivity contribution < 1.29 is 35.8 Å². The summed E-state index contributed by atoms with van der Waals surface area (Å²) in [6.45, 7) is 1.05. The number of hydrogen-bond acceptors (Lipinski definition) is 5. The maximum atomic E-state index is 12.5. The summed E-state index contributed by atoms with van der Waals surface area (Å²) in [6, 6.07) is 10.4. The van der Waals surface area contributed by atoms with Crippen molar-refractivity contribution in [3.63, 3.8) is 0 Å². The predicted molar refractivity (Wildman–Crippen MR) is 94.8 cm³/mol. The van der Waals surface area contributed by atoms with Crippen LogP contribution in [0.3, 0.4) is 0 Å². The van der Waals surface area contributed by atoms with Crippen molar-refractivity contribution >= 4 is 15.7 Å². The van der Waals surface area contributed by atoms with Gasteiger partial charge in [0.25, 0.3) is 10.0 Å². The van der Waals surface area contributed by atoms with Crippen LogP contribution in [0.2, 0.25) is 0 Å². The molecule has 0 bridgehead atoms. The van der Waals surface area contributed by atoms with Gasteiger partial charge in [0.1, 0.15) is 18.1 Å². The summed E-state index contributed by atoms with van der Waals surface area (Å²) < 4.78 is 79.1. The molecule has 1 heterocycles. The Labute approximate surface area is 160 Å². The quantitative estimate of drug-likeness (QED) is 0.739. The Morgan fingerprint density at radius 1 is 1.11 bits per heavy atom. The van der Waals surface area contributed by atoms with Gasteiger partial charge in [-0.2, -0.15) is 0 Å². The number of benzene rings is 2. The second-order valence-corrected chi connectivity index (χ2v) is 7.78. The number of sulfonamides is 1. The zero-order valence-corrected chi connectivity index (χ0v) is 15.4. The molecule has 10 heteroatoms. The number of alkyl halides is 3. The van der Waals surface area contributed by atoms with Gasteiger partial charge in [-0.05, 0) is 37.1 Å². The van der Waals surface area contributed by atoms with Crippen LogP contribution in [-0.4, -0.2) is 34.1 Å². The molecule has 0 aromatic heterocycles. The highest BCUT2D eigenvalue weighted by molar-refractivity contribution is 7.92. The Morgan fingerprint density at radius 2 is 1.86 bits per heavy atom. The van der Waals surface area contributed by atoms with Crippen molar-refractivity contribution in [3.05, 3.63) is 48.5 Å². The van der Waals surface area contributed by atoms with Gasteiger partial charge in [-0.25, -0.2) is 8.42 Å². The van der Waals surface area contributed by atoms with Gasteiger partial charge in [0.05, 0.1) is 16.7 Å². The van der Waals surface area contributed by atoms with E-state index in [2.05, 4.69) is 9.46 Å². The van der Waals surface area contributed by atoms with E-state index in [1.807, 2.05) is 0 Å². The molecule has 1 atom stereocenters. The van der Waals surface area contributed by atoms with Crippen LogP contribution in [0.4, 0.5) is 18.9 Å². The summed E-state index contributed by atoms with van der Waals surface area (Å²) in [6.07, 6.45) is -3.02. The average molecular weight is 417 g/mol. The topological polar surface area (TPSA) is 73.9 Å². The van der Waals surface area contributed by atoms with Gasteiger partial charge in [0, 0.05) is 18.7 Å². The van der Waals surface area contributed by atoms with E-state index in [0.717, 1.165) is 31.0 Å². The van der Waals surface area contributed by atoms with Crippen LogP contribution >= 0.6 is 0 Å². The van der Waals surface area contributed by atoms with E-state index in [1.54, 1.807) is 12.1 Å². The van der Waals surface area contributed by atoms with Crippen molar-refractivity contribution in [2.45, 2.75) is 30.2 Å². The van der Waals surface area contributed by atoms with Crippen molar-refractivity contribution in [2.24, 2.45) is 0 Å². The normalized spacial score (nSPS) is 17.3. The summed E-state index contributed by atoms with van der Waals surface area (Å²) in [4.78, 5) is -0.361. The van der Waals surface area contributed by atoms with Gasteiger partial charge in [-0.15, -0.1) is 13.2 Å². The lowest BCUT2D eigenvalue weighted by Gasteiger charge is -2.14. The van der Waals surface area contributed by atoms with Crippen LogP contribution in [-0.2, 0) is 14.8 Å². The molecule has 6 nitrogen and oxygen atoms in total.